The number of hydrogen-bond acceptors (Lipinski definition) is 5. The maximum absolute atomic E-state index is 13.1. The summed E-state index contributed by atoms with van der Waals surface area (Å²) in [6, 6.07) is 6.00. The molecule has 3 fully saturated rings. The predicted octanol–water partition coefficient (Wildman–Crippen LogP) is 2.99. The number of halogens is 1. The van der Waals surface area contributed by atoms with Gasteiger partial charge >= 0.3 is 5.97 Å². The van der Waals surface area contributed by atoms with Gasteiger partial charge in [0, 0.05) is 10.2 Å². The van der Waals surface area contributed by atoms with E-state index in [0.717, 1.165) is 28.6 Å². The fourth-order valence-electron chi connectivity index (χ4n) is 5.33. The molecule has 1 aliphatic heterocycles. The van der Waals surface area contributed by atoms with Gasteiger partial charge in [-0.05, 0) is 61.3 Å². The number of hydrogen-bond donors (Lipinski definition) is 1. The summed E-state index contributed by atoms with van der Waals surface area (Å²) in [6.07, 6.45) is 2.89. The monoisotopic (exact) mass is 476 g/mol. The number of imide groups is 1. The van der Waals surface area contributed by atoms with Gasteiger partial charge < -0.3 is 10.1 Å². The minimum absolute atomic E-state index is 0.243. The standard InChI is InChI=1S/C22H25BrN2O5/c1-11(2)19(22(29)30-10-16(26)24-15-7-5-14(23)6-8-15)25-20(27)17-12-3-4-13(9-12)18(17)21(25)28/h5-8,11-13,17-19H,3-4,9-10H2,1-2H3,(H,24,26)/t12-,13-,17-,18+,19-/m0/s1. The number of nitrogens with zero attached hydrogens (tertiary/aromatic N) is 1. The van der Waals surface area contributed by atoms with Gasteiger partial charge in [-0.1, -0.05) is 29.8 Å². The molecule has 7 nitrogen and oxygen atoms in total. The highest BCUT2D eigenvalue weighted by molar-refractivity contribution is 9.10. The number of nitrogens with one attached hydrogen (secondary N) is 1. The van der Waals surface area contributed by atoms with Crippen LogP contribution >= 0.6 is 15.9 Å². The number of amides is 3. The normalized spacial score (nSPS) is 28.1. The summed E-state index contributed by atoms with van der Waals surface area (Å²) in [7, 11) is 0. The van der Waals surface area contributed by atoms with E-state index in [1.165, 1.54) is 0 Å². The summed E-state index contributed by atoms with van der Waals surface area (Å²) in [5.74, 6) is -2.07. The predicted molar refractivity (Wildman–Crippen MR) is 112 cm³/mol. The SMILES string of the molecule is CC(C)[C@@H](C(=O)OCC(=O)Nc1ccc(Br)cc1)N1C(=O)[C@@H]2[C@H]3CC[C@@H](C3)[C@@H]2C1=O. The van der Waals surface area contributed by atoms with E-state index in [0.29, 0.717) is 5.69 Å². The van der Waals surface area contributed by atoms with Gasteiger partial charge in [-0.15, -0.1) is 0 Å². The Morgan fingerprint density at radius 3 is 2.20 bits per heavy atom. The van der Waals surface area contributed by atoms with E-state index in [2.05, 4.69) is 21.2 Å². The number of ether oxygens (including phenoxy) is 1. The van der Waals surface area contributed by atoms with Crippen LogP contribution in [0.15, 0.2) is 28.7 Å². The first-order valence-corrected chi connectivity index (χ1v) is 11.2. The number of likely N-dealkylation sites (tertiary alicyclic amines) is 1. The van der Waals surface area contributed by atoms with Crippen molar-refractivity contribution in [2.24, 2.45) is 29.6 Å². The van der Waals surface area contributed by atoms with Gasteiger partial charge in [0.1, 0.15) is 6.04 Å². The number of benzene rings is 1. The molecule has 3 amide bonds. The Morgan fingerprint density at radius 2 is 1.67 bits per heavy atom. The van der Waals surface area contributed by atoms with Crippen molar-refractivity contribution in [2.75, 3.05) is 11.9 Å². The zero-order valence-electron chi connectivity index (χ0n) is 17.0. The largest absolute Gasteiger partial charge is 0.454 e. The zero-order chi connectivity index (χ0) is 21.6. The fourth-order valence-corrected chi connectivity index (χ4v) is 5.60. The second-order valence-electron chi connectivity index (χ2n) is 8.78. The van der Waals surface area contributed by atoms with Crippen molar-refractivity contribution in [1.29, 1.82) is 0 Å². The molecule has 0 radical (unpaired) electrons. The van der Waals surface area contributed by atoms with Crippen LogP contribution in [0.1, 0.15) is 33.1 Å². The van der Waals surface area contributed by atoms with Gasteiger partial charge in [-0.3, -0.25) is 19.3 Å². The molecule has 2 bridgehead atoms. The quantitative estimate of drug-likeness (QED) is 0.503. The third-order valence-corrected chi connectivity index (χ3v) is 7.11. The van der Waals surface area contributed by atoms with Crippen LogP contribution in [0.2, 0.25) is 0 Å². The van der Waals surface area contributed by atoms with Crippen LogP contribution in [0.5, 0.6) is 0 Å². The Labute approximate surface area is 183 Å². The Balaban J connectivity index is 1.41. The van der Waals surface area contributed by atoms with E-state index < -0.39 is 24.5 Å². The molecule has 8 heteroatoms. The van der Waals surface area contributed by atoms with Crippen LogP contribution < -0.4 is 5.32 Å². The Kier molecular flexibility index (Phi) is 5.70. The van der Waals surface area contributed by atoms with Crippen molar-refractivity contribution in [3.05, 3.63) is 28.7 Å². The van der Waals surface area contributed by atoms with Gasteiger partial charge in [0.05, 0.1) is 11.8 Å². The van der Waals surface area contributed by atoms with Gasteiger partial charge in [0.25, 0.3) is 5.91 Å². The lowest BCUT2D eigenvalue weighted by molar-refractivity contribution is -0.162. The summed E-state index contributed by atoms with van der Waals surface area (Å²) in [4.78, 5) is 52.2. The number of rotatable bonds is 6. The molecule has 0 spiro atoms. The highest BCUT2D eigenvalue weighted by atomic mass is 79.9. The van der Waals surface area contributed by atoms with Gasteiger partial charge in [0.2, 0.25) is 11.8 Å². The highest BCUT2D eigenvalue weighted by Crippen LogP contribution is 2.56. The molecule has 3 aliphatic rings. The fraction of sp³-hybridized carbons (Fsp3) is 0.545. The molecular weight excluding hydrogens is 452 g/mol. The second kappa shape index (κ2) is 8.13. The molecule has 5 atom stereocenters. The molecule has 2 aliphatic carbocycles. The van der Waals surface area contributed by atoms with E-state index in [4.69, 9.17) is 4.74 Å². The van der Waals surface area contributed by atoms with Crippen molar-refractivity contribution in [1.82, 2.24) is 4.90 Å². The Morgan fingerprint density at radius 1 is 1.10 bits per heavy atom. The van der Waals surface area contributed by atoms with Crippen molar-refractivity contribution in [3.8, 4) is 0 Å². The summed E-state index contributed by atoms with van der Waals surface area (Å²) in [5, 5.41) is 2.65. The van der Waals surface area contributed by atoms with Gasteiger partial charge in [-0.2, -0.15) is 0 Å². The molecular formula is C22H25BrN2O5. The molecule has 1 N–H and O–H groups in total. The van der Waals surface area contributed by atoms with E-state index >= 15 is 0 Å². The lowest BCUT2D eigenvalue weighted by Gasteiger charge is -2.28. The van der Waals surface area contributed by atoms with Crippen LogP contribution in [0.3, 0.4) is 0 Å². The van der Waals surface area contributed by atoms with Crippen molar-refractivity contribution >= 4 is 45.3 Å². The van der Waals surface area contributed by atoms with E-state index in [-0.39, 0.29) is 41.4 Å². The number of carbonyl (C=O) groups excluding carboxylic acids is 4. The third kappa shape index (κ3) is 3.66. The smallest absolute Gasteiger partial charge is 0.330 e. The minimum atomic E-state index is -1.00. The molecule has 30 heavy (non-hydrogen) atoms. The molecule has 1 saturated heterocycles. The maximum Gasteiger partial charge on any atom is 0.330 e. The summed E-state index contributed by atoms with van der Waals surface area (Å²) in [6.45, 7) is 3.07. The van der Waals surface area contributed by atoms with E-state index in [9.17, 15) is 19.2 Å². The van der Waals surface area contributed by atoms with Crippen molar-refractivity contribution < 1.29 is 23.9 Å². The van der Waals surface area contributed by atoms with E-state index in [1.54, 1.807) is 38.1 Å². The van der Waals surface area contributed by atoms with E-state index in [1.807, 2.05) is 0 Å². The second-order valence-corrected chi connectivity index (χ2v) is 9.70. The molecule has 0 unspecified atom stereocenters. The van der Waals surface area contributed by atoms with Crippen LogP contribution in [0.25, 0.3) is 0 Å². The van der Waals surface area contributed by atoms with Crippen LogP contribution in [0.4, 0.5) is 5.69 Å². The molecule has 2 saturated carbocycles. The zero-order valence-corrected chi connectivity index (χ0v) is 18.6. The summed E-state index contributed by atoms with van der Waals surface area (Å²) in [5.41, 5.74) is 0.577. The number of esters is 1. The Hall–Kier alpha value is -2.22. The molecule has 1 aromatic rings. The lowest BCUT2D eigenvalue weighted by Crippen LogP contribution is -2.50. The average Bonchev–Trinajstić information content (AvgIpc) is 3.38. The number of carbonyl (C=O) groups is 4. The molecule has 1 heterocycles. The number of fused-ring (bicyclic) bond motifs is 5. The molecule has 1 aromatic carbocycles. The highest BCUT2D eigenvalue weighted by Gasteiger charge is 2.62. The molecule has 160 valence electrons. The molecule has 0 aromatic heterocycles. The van der Waals surface area contributed by atoms with Gasteiger partial charge in [0.15, 0.2) is 6.61 Å². The topological polar surface area (TPSA) is 92.8 Å². The first-order chi connectivity index (χ1) is 14.3. The first-order valence-electron chi connectivity index (χ1n) is 10.4. The number of anilines is 1. The maximum atomic E-state index is 13.1. The van der Waals surface area contributed by atoms with Crippen molar-refractivity contribution in [3.63, 3.8) is 0 Å². The third-order valence-electron chi connectivity index (χ3n) is 6.59. The van der Waals surface area contributed by atoms with Crippen LogP contribution in [-0.2, 0) is 23.9 Å². The summed E-state index contributed by atoms with van der Waals surface area (Å²) < 4.78 is 6.10. The first kappa shape index (κ1) is 21.0. The van der Waals surface area contributed by atoms with Crippen LogP contribution in [-0.4, -0.2) is 41.2 Å². The molecule has 4 rings (SSSR count). The minimum Gasteiger partial charge on any atom is -0.454 e. The average molecular weight is 477 g/mol. The summed E-state index contributed by atoms with van der Waals surface area (Å²) >= 11 is 3.32. The van der Waals surface area contributed by atoms with Crippen LogP contribution in [0, 0.1) is 29.6 Å². The Bertz CT molecular complexity index is 856. The van der Waals surface area contributed by atoms with Gasteiger partial charge in [-0.25, -0.2) is 4.79 Å². The lowest BCUT2D eigenvalue weighted by atomic mass is 9.81. The van der Waals surface area contributed by atoms with Crippen molar-refractivity contribution in [2.45, 2.75) is 39.2 Å².